The third-order valence-electron chi connectivity index (χ3n) is 2.32. The maximum Gasteiger partial charge on any atom is 0.116 e. The van der Waals surface area contributed by atoms with Crippen molar-refractivity contribution in [2.24, 2.45) is 5.92 Å². The summed E-state index contributed by atoms with van der Waals surface area (Å²) >= 11 is 0. The van der Waals surface area contributed by atoms with Crippen molar-refractivity contribution in [1.82, 2.24) is 15.3 Å². The summed E-state index contributed by atoms with van der Waals surface area (Å²) < 4.78 is 0. The summed E-state index contributed by atoms with van der Waals surface area (Å²) in [7, 11) is 0. The number of nitrogens with one attached hydrogen (secondary N) is 1. The molecule has 1 aliphatic heterocycles. The van der Waals surface area contributed by atoms with Crippen molar-refractivity contribution in [3.63, 3.8) is 0 Å². The molecule has 13 heavy (non-hydrogen) atoms. The Morgan fingerprint density at radius 2 is 2.23 bits per heavy atom. The Morgan fingerprint density at radius 3 is 3.00 bits per heavy atom. The van der Waals surface area contributed by atoms with Crippen LogP contribution in [0.4, 0.5) is 0 Å². The molecular weight excluding hydrogens is 162 g/mol. The van der Waals surface area contributed by atoms with Crippen molar-refractivity contribution in [1.29, 1.82) is 0 Å². The zero-order valence-corrected chi connectivity index (χ0v) is 8.17. The normalized spacial score (nSPS) is 15.0. The van der Waals surface area contributed by atoms with Crippen molar-refractivity contribution in [3.8, 4) is 0 Å². The van der Waals surface area contributed by atoms with Crippen LogP contribution < -0.4 is 5.32 Å². The van der Waals surface area contributed by atoms with Gasteiger partial charge in [-0.15, -0.1) is 0 Å². The van der Waals surface area contributed by atoms with Gasteiger partial charge in [0.15, 0.2) is 0 Å². The highest BCUT2D eigenvalue weighted by molar-refractivity contribution is 5.28. The predicted octanol–water partition coefficient (Wildman–Crippen LogP) is 1.28. The summed E-state index contributed by atoms with van der Waals surface area (Å²) in [6.45, 7) is 6.29. The van der Waals surface area contributed by atoms with Gasteiger partial charge in [0.25, 0.3) is 0 Å². The Hall–Kier alpha value is -0.960. The van der Waals surface area contributed by atoms with E-state index >= 15 is 0 Å². The van der Waals surface area contributed by atoms with Crippen LogP contribution in [0, 0.1) is 5.92 Å². The van der Waals surface area contributed by atoms with Crippen molar-refractivity contribution in [3.05, 3.63) is 23.3 Å². The number of nitrogens with zero attached hydrogens (tertiary/aromatic N) is 2. The lowest BCUT2D eigenvalue weighted by Crippen LogP contribution is -2.04. The molecule has 0 bridgehead atoms. The van der Waals surface area contributed by atoms with E-state index in [9.17, 15) is 0 Å². The van der Waals surface area contributed by atoms with Crippen molar-refractivity contribution < 1.29 is 0 Å². The molecule has 0 fully saturated rings. The van der Waals surface area contributed by atoms with E-state index in [1.807, 2.05) is 0 Å². The Labute approximate surface area is 78.6 Å². The van der Waals surface area contributed by atoms with Gasteiger partial charge in [-0.05, 0) is 12.3 Å². The number of fused-ring (bicyclic) bond motifs is 1. The molecule has 3 heteroatoms. The molecule has 1 aromatic rings. The minimum absolute atomic E-state index is 0.666. The molecule has 1 aromatic heterocycles. The SMILES string of the molecule is CC(C)Cc1ncnc2c1CNC2. The third-order valence-corrected chi connectivity index (χ3v) is 2.32. The lowest BCUT2D eigenvalue weighted by Gasteiger charge is -2.07. The standard InChI is InChI=1S/C10H15N3/c1-7(2)3-9-8-4-11-5-10(8)13-6-12-9/h6-7,11H,3-5H2,1-2H3. The fourth-order valence-corrected chi connectivity index (χ4v) is 1.72. The summed E-state index contributed by atoms with van der Waals surface area (Å²) in [6.07, 6.45) is 2.75. The molecule has 0 spiro atoms. The van der Waals surface area contributed by atoms with Crippen LogP contribution in [0.25, 0.3) is 0 Å². The molecule has 1 aliphatic rings. The molecule has 1 N–H and O–H groups in total. The minimum atomic E-state index is 0.666. The summed E-state index contributed by atoms with van der Waals surface area (Å²) in [6, 6.07) is 0. The first-order valence-corrected chi connectivity index (χ1v) is 4.79. The van der Waals surface area contributed by atoms with E-state index in [0.29, 0.717) is 5.92 Å². The summed E-state index contributed by atoms with van der Waals surface area (Å²) in [5.41, 5.74) is 3.74. The van der Waals surface area contributed by atoms with Gasteiger partial charge < -0.3 is 5.32 Å². The van der Waals surface area contributed by atoms with Crippen LogP contribution in [-0.4, -0.2) is 9.97 Å². The summed E-state index contributed by atoms with van der Waals surface area (Å²) in [5.74, 6) is 0.666. The predicted molar refractivity (Wildman–Crippen MR) is 51.1 cm³/mol. The van der Waals surface area contributed by atoms with Crippen LogP contribution in [0.5, 0.6) is 0 Å². The van der Waals surface area contributed by atoms with Gasteiger partial charge in [-0.2, -0.15) is 0 Å². The van der Waals surface area contributed by atoms with Crippen LogP contribution in [0.3, 0.4) is 0 Å². The molecule has 0 saturated heterocycles. The van der Waals surface area contributed by atoms with Crippen LogP contribution >= 0.6 is 0 Å². The smallest absolute Gasteiger partial charge is 0.116 e. The van der Waals surface area contributed by atoms with Gasteiger partial charge in [0.2, 0.25) is 0 Å². The Kier molecular flexibility index (Phi) is 2.27. The molecule has 0 amide bonds. The van der Waals surface area contributed by atoms with Crippen LogP contribution in [-0.2, 0) is 19.5 Å². The Balaban J connectivity index is 2.30. The van der Waals surface area contributed by atoms with Gasteiger partial charge >= 0.3 is 0 Å². The zero-order valence-electron chi connectivity index (χ0n) is 8.17. The minimum Gasteiger partial charge on any atom is -0.307 e. The molecule has 0 radical (unpaired) electrons. The quantitative estimate of drug-likeness (QED) is 0.739. The van der Waals surface area contributed by atoms with Gasteiger partial charge in [0.1, 0.15) is 6.33 Å². The lowest BCUT2D eigenvalue weighted by molar-refractivity contribution is 0.627. The number of hydrogen-bond acceptors (Lipinski definition) is 3. The van der Waals surface area contributed by atoms with Gasteiger partial charge in [-0.3, -0.25) is 0 Å². The number of hydrogen-bond donors (Lipinski definition) is 1. The van der Waals surface area contributed by atoms with Gasteiger partial charge in [0, 0.05) is 24.3 Å². The average molecular weight is 177 g/mol. The second-order valence-corrected chi connectivity index (χ2v) is 3.95. The number of aromatic nitrogens is 2. The van der Waals surface area contributed by atoms with Crippen molar-refractivity contribution in [2.45, 2.75) is 33.4 Å². The zero-order chi connectivity index (χ0) is 9.26. The van der Waals surface area contributed by atoms with Crippen molar-refractivity contribution >= 4 is 0 Å². The van der Waals surface area contributed by atoms with Gasteiger partial charge in [-0.1, -0.05) is 13.8 Å². The molecule has 0 aliphatic carbocycles. The molecule has 0 saturated carbocycles. The maximum atomic E-state index is 4.34. The largest absolute Gasteiger partial charge is 0.307 e. The maximum absolute atomic E-state index is 4.34. The summed E-state index contributed by atoms with van der Waals surface area (Å²) in [4.78, 5) is 8.59. The van der Waals surface area contributed by atoms with E-state index in [0.717, 1.165) is 19.5 Å². The first-order chi connectivity index (χ1) is 6.27. The van der Waals surface area contributed by atoms with E-state index in [-0.39, 0.29) is 0 Å². The van der Waals surface area contributed by atoms with Gasteiger partial charge in [-0.25, -0.2) is 9.97 Å². The molecule has 0 aromatic carbocycles. The highest BCUT2D eigenvalue weighted by Gasteiger charge is 2.16. The third kappa shape index (κ3) is 1.70. The first-order valence-electron chi connectivity index (χ1n) is 4.79. The summed E-state index contributed by atoms with van der Waals surface area (Å²) in [5, 5.41) is 3.30. The fraction of sp³-hybridized carbons (Fsp3) is 0.600. The molecular formula is C10H15N3. The second kappa shape index (κ2) is 3.42. The van der Waals surface area contributed by atoms with E-state index in [1.54, 1.807) is 6.33 Å². The average Bonchev–Trinajstić information content (AvgIpc) is 2.51. The fourth-order valence-electron chi connectivity index (χ4n) is 1.72. The van der Waals surface area contributed by atoms with Crippen LogP contribution in [0.2, 0.25) is 0 Å². The highest BCUT2D eigenvalue weighted by Crippen LogP contribution is 2.17. The van der Waals surface area contributed by atoms with E-state index in [4.69, 9.17) is 0 Å². The van der Waals surface area contributed by atoms with Crippen LogP contribution in [0.1, 0.15) is 30.8 Å². The second-order valence-electron chi connectivity index (χ2n) is 3.95. The number of rotatable bonds is 2. The molecule has 0 unspecified atom stereocenters. The highest BCUT2D eigenvalue weighted by atomic mass is 15.0. The molecule has 70 valence electrons. The Bertz CT molecular complexity index is 307. The first kappa shape index (κ1) is 8.63. The molecule has 2 heterocycles. The van der Waals surface area contributed by atoms with E-state index in [2.05, 4.69) is 29.1 Å². The monoisotopic (exact) mass is 177 g/mol. The Morgan fingerprint density at radius 1 is 1.38 bits per heavy atom. The van der Waals surface area contributed by atoms with Gasteiger partial charge in [0.05, 0.1) is 5.69 Å². The van der Waals surface area contributed by atoms with Crippen molar-refractivity contribution in [2.75, 3.05) is 0 Å². The topological polar surface area (TPSA) is 37.8 Å². The molecule has 0 atom stereocenters. The molecule has 2 rings (SSSR count). The van der Waals surface area contributed by atoms with E-state index in [1.165, 1.54) is 17.0 Å². The lowest BCUT2D eigenvalue weighted by atomic mass is 10.0. The van der Waals surface area contributed by atoms with Crippen LogP contribution in [0.15, 0.2) is 6.33 Å². The molecule has 3 nitrogen and oxygen atoms in total. The van der Waals surface area contributed by atoms with E-state index < -0.39 is 0 Å².